The highest BCUT2D eigenvalue weighted by Gasteiger charge is 2.27. The Morgan fingerprint density at radius 1 is 1.12 bits per heavy atom. The van der Waals surface area contributed by atoms with Crippen LogP contribution in [-0.4, -0.2) is 29.7 Å². The number of ketones is 1. The van der Waals surface area contributed by atoms with Crippen molar-refractivity contribution < 1.29 is 19.1 Å². The lowest BCUT2D eigenvalue weighted by molar-refractivity contribution is -0.0476. The van der Waals surface area contributed by atoms with E-state index < -0.39 is 6.29 Å². The van der Waals surface area contributed by atoms with Gasteiger partial charge in [-0.15, -0.1) is 0 Å². The van der Waals surface area contributed by atoms with E-state index in [1.807, 2.05) is 13.8 Å². The monoisotopic (exact) mass is 326 g/mol. The molecule has 1 fully saturated rings. The largest absolute Gasteiger partial charge is 0.356 e. The number of carbonyl (C=O) groups excluding carboxylic acids is 1. The summed E-state index contributed by atoms with van der Waals surface area (Å²) in [7, 11) is 0. The van der Waals surface area contributed by atoms with Crippen molar-refractivity contribution in [3.63, 3.8) is 0 Å². The quantitative estimate of drug-likeness (QED) is 0.479. The van der Waals surface area contributed by atoms with Crippen LogP contribution < -0.4 is 4.84 Å². The average molecular weight is 326 g/mol. The summed E-state index contributed by atoms with van der Waals surface area (Å²) in [5.74, 6) is 0.184. The summed E-state index contributed by atoms with van der Waals surface area (Å²) in [6, 6.07) is 10.4. The molecule has 0 saturated carbocycles. The van der Waals surface area contributed by atoms with Crippen LogP contribution in [-0.2, 0) is 9.47 Å². The highest BCUT2D eigenvalue weighted by Crippen LogP contribution is 2.28. The number of pyridine rings is 1. The van der Waals surface area contributed by atoms with Gasteiger partial charge in [-0.2, -0.15) is 0 Å². The molecule has 124 valence electrons. The molecule has 0 radical (unpaired) electrons. The van der Waals surface area contributed by atoms with Crippen LogP contribution >= 0.6 is 0 Å². The van der Waals surface area contributed by atoms with E-state index in [1.165, 1.54) is 0 Å². The fraction of sp³-hybridized carbons (Fsp3) is 0.278. The predicted molar refractivity (Wildman–Crippen MR) is 88.2 cm³/mol. The van der Waals surface area contributed by atoms with Gasteiger partial charge < -0.3 is 14.3 Å². The van der Waals surface area contributed by atoms with E-state index in [0.717, 1.165) is 5.71 Å². The normalized spacial score (nSPS) is 14.4. The van der Waals surface area contributed by atoms with Gasteiger partial charge in [-0.3, -0.25) is 9.78 Å². The molecule has 0 N–H and O–H groups in total. The summed E-state index contributed by atoms with van der Waals surface area (Å²) < 4.78 is 11.0. The minimum absolute atomic E-state index is 0.211. The molecular weight excluding hydrogens is 308 g/mol. The first-order chi connectivity index (χ1) is 11.7. The fourth-order valence-electron chi connectivity index (χ4n) is 2.33. The first kappa shape index (κ1) is 16.3. The molecule has 0 spiro atoms. The molecule has 6 nitrogen and oxygen atoms in total. The molecule has 24 heavy (non-hydrogen) atoms. The summed E-state index contributed by atoms with van der Waals surface area (Å²) in [6.45, 7) is 4.61. The lowest BCUT2D eigenvalue weighted by atomic mass is 10.0. The van der Waals surface area contributed by atoms with Gasteiger partial charge in [0.05, 0.1) is 24.5 Å². The highest BCUT2D eigenvalue weighted by atomic mass is 16.7. The topological polar surface area (TPSA) is 70.0 Å². The second kappa shape index (κ2) is 7.33. The Morgan fingerprint density at radius 3 is 2.58 bits per heavy atom. The van der Waals surface area contributed by atoms with Gasteiger partial charge in [0.2, 0.25) is 6.29 Å². The van der Waals surface area contributed by atoms with Gasteiger partial charge in [0.25, 0.3) is 0 Å². The number of carbonyl (C=O) groups is 1. The van der Waals surface area contributed by atoms with Gasteiger partial charge >= 0.3 is 0 Å². The molecular formula is C18H18N2O4. The van der Waals surface area contributed by atoms with Crippen molar-refractivity contribution in [1.29, 1.82) is 0 Å². The van der Waals surface area contributed by atoms with Crippen LogP contribution in [0.15, 0.2) is 47.8 Å². The third kappa shape index (κ3) is 3.50. The number of benzene rings is 1. The summed E-state index contributed by atoms with van der Waals surface area (Å²) in [5, 5.41) is 3.93. The SMILES string of the molecule is CC(C)=NOc1ccccc1C(=O)c1cccnc1C1OCCO1. The molecule has 0 unspecified atom stereocenters. The minimum atomic E-state index is -0.617. The van der Waals surface area contributed by atoms with Crippen LogP contribution in [0.5, 0.6) is 5.75 Å². The van der Waals surface area contributed by atoms with Crippen LogP contribution in [0.2, 0.25) is 0 Å². The molecule has 0 aliphatic carbocycles. The average Bonchev–Trinajstić information content (AvgIpc) is 3.14. The van der Waals surface area contributed by atoms with Gasteiger partial charge in [-0.05, 0) is 38.1 Å². The first-order valence-electron chi connectivity index (χ1n) is 7.67. The first-order valence-corrected chi connectivity index (χ1v) is 7.67. The Bertz CT molecular complexity index is 763. The van der Waals surface area contributed by atoms with Gasteiger partial charge in [-0.1, -0.05) is 17.3 Å². The molecule has 2 heterocycles. The van der Waals surface area contributed by atoms with E-state index in [0.29, 0.717) is 35.8 Å². The molecule has 0 bridgehead atoms. The highest BCUT2D eigenvalue weighted by molar-refractivity contribution is 6.11. The van der Waals surface area contributed by atoms with Crippen LogP contribution in [0.3, 0.4) is 0 Å². The molecule has 1 saturated heterocycles. The molecule has 6 heteroatoms. The third-order valence-electron chi connectivity index (χ3n) is 3.39. The number of hydrogen-bond donors (Lipinski definition) is 0. The van der Waals surface area contributed by atoms with Crippen LogP contribution in [0.1, 0.15) is 41.8 Å². The Balaban J connectivity index is 1.97. The Kier molecular flexibility index (Phi) is 4.98. The number of rotatable bonds is 5. The molecule has 1 aliphatic rings. The smallest absolute Gasteiger partial charge is 0.201 e. The van der Waals surface area contributed by atoms with E-state index in [4.69, 9.17) is 14.3 Å². The molecule has 1 aliphatic heterocycles. The summed E-state index contributed by atoms with van der Waals surface area (Å²) in [4.78, 5) is 22.7. The fourth-order valence-corrected chi connectivity index (χ4v) is 2.33. The lowest BCUT2D eigenvalue weighted by Gasteiger charge is -2.13. The predicted octanol–water partition coefficient (Wildman–Crippen LogP) is 3.13. The number of ether oxygens (including phenoxy) is 2. The van der Waals surface area contributed by atoms with Crippen LogP contribution in [0, 0.1) is 0 Å². The number of para-hydroxylation sites is 1. The molecule has 1 aromatic heterocycles. The van der Waals surface area contributed by atoms with Crippen molar-refractivity contribution in [3.8, 4) is 5.75 Å². The summed E-state index contributed by atoms with van der Waals surface area (Å²) >= 11 is 0. The molecule has 0 atom stereocenters. The zero-order valence-electron chi connectivity index (χ0n) is 13.6. The van der Waals surface area contributed by atoms with Crippen molar-refractivity contribution in [1.82, 2.24) is 4.98 Å². The Labute approximate surface area is 140 Å². The van der Waals surface area contributed by atoms with Crippen molar-refractivity contribution in [2.45, 2.75) is 20.1 Å². The van der Waals surface area contributed by atoms with Gasteiger partial charge in [0, 0.05) is 11.8 Å². The van der Waals surface area contributed by atoms with E-state index in [-0.39, 0.29) is 5.78 Å². The van der Waals surface area contributed by atoms with Crippen molar-refractivity contribution >= 4 is 11.5 Å². The number of nitrogens with zero attached hydrogens (tertiary/aromatic N) is 2. The summed E-state index contributed by atoms with van der Waals surface area (Å²) in [6.07, 6.45) is 0.999. The number of oxime groups is 1. The number of hydrogen-bond acceptors (Lipinski definition) is 6. The second-order valence-corrected chi connectivity index (χ2v) is 5.46. The molecule has 0 amide bonds. The zero-order valence-corrected chi connectivity index (χ0v) is 13.6. The van der Waals surface area contributed by atoms with Crippen LogP contribution in [0.4, 0.5) is 0 Å². The molecule has 3 rings (SSSR count). The van der Waals surface area contributed by atoms with Crippen molar-refractivity contribution in [2.75, 3.05) is 13.2 Å². The standard InChI is InChI=1S/C18H18N2O4/c1-12(2)20-24-15-8-4-3-6-13(15)17(21)14-7-5-9-19-16(14)18-22-10-11-23-18/h3-9,18H,10-11H2,1-2H3. The Morgan fingerprint density at radius 2 is 1.83 bits per heavy atom. The zero-order chi connectivity index (χ0) is 16.9. The van der Waals surface area contributed by atoms with Gasteiger partial charge in [0.15, 0.2) is 11.5 Å². The van der Waals surface area contributed by atoms with Crippen molar-refractivity contribution in [2.24, 2.45) is 5.16 Å². The summed E-state index contributed by atoms with van der Waals surface area (Å²) in [5.41, 5.74) is 2.07. The third-order valence-corrected chi connectivity index (χ3v) is 3.39. The minimum Gasteiger partial charge on any atom is -0.356 e. The van der Waals surface area contributed by atoms with E-state index >= 15 is 0 Å². The Hall–Kier alpha value is -2.57. The molecule has 2 aromatic rings. The maximum absolute atomic E-state index is 13.0. The van der Waals surface area contributed by atoms with E-state index in [1.54, 1.807) is 42.6 Å². The second-order valence-electron chi connectivity index (χ2n) is 5.46. The van der Waals surface area contributed by atoms with Gasteiger partial charge in [-0.25, -0.2) is 0 Å². The molecule has 1 aromatic carbocycles. The maximum Gasteiger partial charge on any atom is 0.201 e. The van der Waals surface area contributed by atoms with Crippen LogP contribution in [0.25, 0.3) is 0 Å². The maximum atomic E-state index is 13.0. The lowest BCUT2D eigenvalue weighted by Crippen LogP contribution is -2.12. The number of aromatic nitrogens is 1. The van der Waals surface area contributed by atoms with E-state index in [2.05, 4.69) is 10.1 Å². The van der Waals surface area contributed by atoms with Gasteiger partial charge in [0.1, 0.15) is 5.69 Å². The van der Waals surface area contributed by atoms with Crippen molar-refractivity contribution in [3.05, 3.63) is 59.4 Å². The van der Waals surface area contributed by atoms with E-state index in [9.17, 15) is 4.79 Å².